The number of rotatable bonds is 3. The van der Waals surface area contributed by atoms with Gasteiger partial charge in [-0.3, -0.25) is 0 Å². The van der Waals surface area contributed by atoms with Crippen LogP contribution in [0, 0.1) is 0 Å². The molecule has 0 aliphatic heterocycles. The van der Waals surface area contributed by atoms with Crippen molar-refractivity contribution in [3.63, 3.8) is 0 Å². The normalized spacial score (nSPS) is 11.1. The van der Waals surface area contributed by atoms with E-state index >= 15 is 0 Å². The van der Waals surface area contributed by atoms with Crippen molar-refractivity contribution in [2.24, 2.45) is 0 Å². The molecule has 0 N–H and O–H groups in total. The van der Waals surface area contributed by atoms with E-state index < -0.39 is 13.9 Å². The molecule has 0 spiro atoms. The summed E-state index contributed by atoms with van der Waals surface area (Å²) in [4.78, 5) is 0. The standard InChI is InChI=1S/3C6H5.Mn/c3*1-2-4-6-5-3-1;/h3*1-5H;. The molecule has 0 heterocycles. The molecule has 0 nitrogen and oxygen atoms in total. The van der Waals surface area contributed by atoms with E-state index in [1.807, 2.05) is 0 Å². The van der Waals surface area contributed by atoms with E-state index in [9.17, 15) is 0 Å². The molecule has 1 heteroatoms. The van der Waals surface area contributed by atoms with E-state index in [1.54, 1.807) is 0 Å². The summed E-state index contributed by atoms with van der Waals surface area (Å²) in [6.07, 6.45) is 0. The Kier molecular flexibility index (Phi) is 3.78. The summed E-state index contributed by atoms with van der Waals surface area (Å²) in [5, 5.41) is 0. The summed E-state index contributed by atoms with van der Waals surface area (Å²) in [7, 11) is 0. The van der Waals surface area contributed by atoms with Gasteiger partial charge < -0.3 is 0 Å². The van der Waals surface area contributed by atoms with Crippen LogP contribution in [0.15, 0.2) is 91.0 Å². The molecular weight excluding hydrogens is 271 g/mol. The second-order valence-corrected chi connectivity index (χ2v) is 7.10. The molecule has 0 saturated carbocycles. The van der Waals surface area contributed by atoms with E-state index in [0.29, 0.717) is 0 Å². The first kappa shape index (κ1) is 12.2. The molecule has 19 heavy (non-hydrogen) atoms. The predicted molar refractivity (Wildman–Crippen MR) is 78.2 cm³/mol. The van der Waals surface area contributed by atoms with E-state index in [-0.39, 0.29) is 0 Å². The van der Waals surface area contributed by atoms with Crippen molar-refractivity contribution in [1.82, 2.24) is 0 Å². The van der Waals surface area contributed by atoms with E-state index in [4.69, 9.17) is 0 Å². The second-order valence-electron chi connectivity index (χ2n) is 4.17. The maximum absolute atomic E-state index is 2.25. The minimum atomic E-state index is -0.904. The average Bonchev–Trinajstić information content (AvgIpc) is 2.51. The van der Waals surface area contributed by atoms with Gasteiger partial charge in [-0.2, -0.15) is 0 Å². The number of hydrogen-bond acceptors (Lipinski definition) is 0. The van der Waals surface area contributed by atoms with Crippen LogP contribution in [-0.4, -0.2) is 0 Å². The van der Waals surface area contributed by atoms with Gasteiger partial charge in [0, 0.05) is 0 Å². The van der Waals surface area contributed by atoms with Crippen LogP contribution in [-0.2, 0) is 13.9 Å². The van der Waals surface area contributed by atoms with E-state index in [2.05, 4.69) is 91.0 Å². The van der Waals surface area contributed by atoms with Gasteiger partial charge in [-0.15, -0.1) is 0 Å². The van der Waals surface area contributed by atoms with Gasteiger partial charge in [-0.05, 0) is 0 Å². The number of hydrogen-bond donors (Lipinski definition) is 0. The van der Waals surface area contributed by atoms with Gasteiger partial charge in [-0.25, -0.2) is 0 Å². The van der Waals surface area contributed by atoms with E-state index in [1.165, 1.54) is 13.4 Å². The molecule has 0 aromatic heterocycles. The fourth-order valence-corrected chi connectivity index (χ4v) is 5.04. The van der Waals surface area contributed by atoms with Gasteiger partial charge in [0.05, 0.1) is 0 Å². The van der Waals surface area contributed by atoms with Crippen molar-refractivity contribution in [3.05, 3.63) is 91.0 Å². The molecule has 3 aromatic rings. The minimum absolute atomic E-state index is 0.904. The molecule has 0 unspecified atom stereocenters. The van der Waals surface area contributed by atoms with Gasteiger partial charge in [0.1, 0.15) is 0 Å². The zero-order chi connectivity index (χ0) is 12.9. The second kappa shape index (κ2) is 5.88. The van der Waals surface area contributed by atoms with Crippen LogP contribution in [0.3, 0.4) is 0 Å². The summed E-state index contributed by atoms with van der Waals surface area (Å²) < 4.78 is 4.31. The van der Waals surface area contributed by atoms with Crippen molar-refractivity contribution in [2.75, 3.05) is 0 Å². The summed E-state index contributed by atoms with van der Waals surface area (Å²) in [5.41, 5.74) is 0. The molecule has 3 aromatic carbocycles. The summed E-state index contributed by atoms with van der Waals surface area (Å²) >= 11 is -0.904. The monoisotopic (exact) mass is 286 g/mol. The zero-order valence-electron chi connectivity index (χ0n) is 10.5. The third kappa shape index (κ3) is 2.78. The fourth-order valence-electron chi connectivity index (χ4n) is 2.00. The van der Waals surface area contributed by atoms with Crippen molar-refractivity contribution >= 4 is 13.4 Å². The van der Waals surface area contributed by atoms with Gasteiger partial charge in [0.25, 0.3) is 0 Å². The third-order valence-corrected chi connectivity index (χ3v) is 6.08. The quantitative estimate of drug-likeness (QED) is 0.649. The Hall–Kier alpha value is -1.82. The molecule has 0 aliphatic carbocycles. The SMILES string of the molecule is c1cc[c]([Mn]([c]2ccccc2)[c]2ccccc2)cc1. The first-order valence-corrected chi connectivity index (χ1v) is 8.07. The molecule has 0 saturated heterocycles. The molecule has 94 valence electrons. The Morgan fingerprint density at radius 3 is 0.895 bits per heavy atom. The third-order valence-electron chi connectivity index (χ3n) is 2.85. The van der Waals surface area contributed by atoms with Crippen LogP contribution < -0.4 is 13.4 Å². The molecular formula is C18H15Mn. The van der Waals surface area contributed by atoms with Crippen molar-refractivity contribution in [2.45, 2.75) is 0 Å². The molecule has 3 rings (SSSR count). The Morgan fingerprint density at radius 2 is 0.632 bits per heavy atom. The van der Waals surface area contributed by atoms with Crippen molar-refractivity contribution in [3.8, 4) is 0 Å². The van der Waals surface area contributed by atoms with Gasteiger partial charge in [0.15, 0.2) is 0 Å². The molecule has 0 amide bonds. The summed E-state index contributed by atoms with van der Waals surface area (Å²) in [5.74, 6) is 0. The summed E-state index contributed by atoms with van der Waals surface area (Å²) in [6.45, 7) is 0. The van der Waals surface area contributed by atoms with Crippen LogP contribution in [0.5, 0.6) is 0 Å². The summed E-state index contributed by atoms with van der Waals surface area (Å²) in [6, 6.07) is 32.5. The van der Waals surface area contributed by atoms with Gasteiger partial charge in [-0.1, -0.05) is 0 Å². The van der Waals surface area contributed by atoms with Crippen LogP contribution in [0.2, 0.25) is 0 Å². The van der Waals surface area contributed by atoms with Gasteiger partial charge >= 0.3 is 118 Å². The first-order valence-electron chi connectivity index (χ1n) is 6.30. The van der Waals surface area contributed by atoms with Crippen LogP contribution in [0.4, 0.5) is 0 Å². The zero-order valence-corrected chi connectivity index (χ0v) is 11.7. The molecule has 0 fully saturated rings. The fraction of sp³-hybridized carbons (Fsp3) is 0. The Labute approximate surface area is 118 Å². The van der Waals surface area contributed by atoms with Crippen LogP contribution in [0.25, 0.3) is 0 Å². The average molecular weight is 286 g/mol. The Bertz CT molecular complexity index is 524. The van der Waals surface area contributed by atoms with Crippen molar-refractivity contribution < 1.29 is 13.9 Å². The Balaban J connectivity index is 2.12. The molecule has 0 radical (unpaired) electrons. The molecule has 0 atom stereocenters. The topological polar surface area (TPSA) is 0 Å². The molecule has 0 aliphatic rings. The van der Waals surface area contributed by atoms with Gasteiger partial charge in [0.2, 0.25) is 0 Å². The van der Waals surface area contributed by atoms with Crippen LogP contribution >= 0.6 is 0 Å². The van der Waals surface area contributed by atoms with Crippen LogP contribution in [0.1, 0.15) is 0 Å². The Morgan fingerprint density at radius 1 is 0.368 bits per heavy atom. The number of benzene rings is 3. The van der Waals surface area contributed by atoms with Crippen molar-refractivity contribution in [1.29, 1.82) is 0 Å². The first-order chi connectivity index (χ1) is 9.45. The maximum atomic E-state index is 2.25. The predicted octanol–water partition coefficient (Wildman–Crippen LogP) is 2.58. The van der Waals surface area contributed by atoms with E-state index in [0.717, 1.165) is 0 Å². The molecule has 0 bridgehead atoms.